The van der Waals surface area contributed by atoms with E-state index < -0.39 is 46.4 Å². The van der Waals surface area contributed by atoms with Crippen LogP contribution in [-0.4, -0.2) is 32.1 Å². The number of esters is 1. The lowest BCUT2D eigenvalue weighted by molar-refractivity contribution is -0.133. The van der Waals surface area contributed by atoms with Crippen LogP contribution in [0.3, 0.4) is 0 Å². The molecule has 0 saturated heterocycles. The van der Waals surface area contributed by atoms with Crippen LogP contribution in [0.25, 0.3) is 5.57 Å². The molecular weight excluding hydrogens is 401 g/mol. The summed E-state index contributed by atoms with van der Waals surface area (Å²) in [7, 11) is 4.58. The number of rotatable bonds is 6. The molecule has 0 unspecified atom stereocenters. The van der Waals surface area contributed by atoms with Gasteiger partial charge in [0.25, 0.3) is 0 Å². The Bertz CT molecular complexity index is 902. The molecule has 0 N–H and O–H groups in total. The Labute approximate surface area is 162 Å². The molecule has 2 rings (SSSR count). The second-order valence-corrected chi connectivity index (χ2v) is 6.85. The standard InChI is InChI=1S/C19H16F5NO2S/c1-25(2)8-11(19(26)27-3)10-6-4-5-7-13(10)28-9-12-14(20)16(22)18(24)17(23)15(12)21/h4-8H,9H2,1-3H3/b11-8+. The van der Waals surface area contributed by atoms with Crippen molar-refractivity contribution in [2.24, 2.45) is 0 Å². The van der Waals surface area contributed by atoms with Gasteiger partial charge in [0.2, 0.25) is 5.82 Å². The van der Waals surface area contributed by atoms with Crippen LogP contribution in [0.4, 0.5) is 22.0 Å². The minimum Gasteiger partial charge on any atom is -0.465 e. The topological polar surface area (TPSA) is 29.5 Å². The number of hydrogen-bond donors (Lipinski definition) is 0. The monoisotopic (exact) mass is 417 g/mol. The zero-order chi connectivity index (χ0) is 21.0. The van der Waals surface area contributed by atoms with Crippen molar-refractivity contribution in [3.8, 4) is 0 Å². The van der Waals surface area contributed by atoms with Gasteiger partial charge >= 0.3 is 5.97 Å². The molecule has 0 bridgehead atoms. The number of hydrogen-bond acceptors (Lipinski definition) is 4. The molecule has 0 aliphatic heterocycles. The molecule has 28 heavy (non-hydrogen) atoms. The summed E-state index contributed by atoms with van der Waals surface area (Å²) in [6.45, 7) is 0. The van der Waals surface area contributed by atoms with Crippen LogP contribution < -0.4 is 0 Å². The fraction of sp³-hybridized carbons (Fsp3) is 0.211. The third-order valence-electron chi connectivity index (χ3n) is 3.64. The first kappa shape index (κ1) is 21.7. The smallest absolute Gasteiger partial charge is 0.339 e. The minimum absolute atomic E-state index is 0.174. The number of nitrogens with zero attached hydrogens (tertiary/aromatic N) is 1. The maximum Gasteiger partial charge on any atom is 0.339 e. The summed E-state index contributed by atoms with van der Waals surface area (Å²) in [4.78, 5) is 14.1. The summed E-state index contributed by atoms with van der Waals surface area (Å²) >= 11 is 0.832. The molecule has 0 aliphatic carbocycles. The first-order valence-electron chi connectivity index (χ1n) is 7.88. The zero-order valence-corrected chi connectivity index (χ0v) is 16.0. The number of ether oxygens (including phenoxy) is 1. The Hall–Kier alpha value is -2.55. The van der Waals surface area contributed by atoms with E-state index in [1.54, 1.807) is 43.3 Å². The molecule has 0 heterocycles. The fourth-order valence-electron chi connectivity index (χ4n) is 2.34. The molecule has 0 atom stereocenters. The molecule has 9 heteroatoms. The van der Waals surface area contributed by atoms with Crippen LogP contribution in [0.1, 0.15) is 11.1 Å². The highest BCUT2D eigenvalue weighted by molar-refractivity contribution is 7.98. The molecule has 0 radical (unpaired) electrons. The molecular formula is C19H16F5NO2S. The Morgan fingerprint density at radius 1 is 1.00 bits per heavy atom. The third-order valence-corrected chi connectivity index (χ3v) is 4.74. The maximum absolute atomic E-state index is 13.9. The second-order valence-electron chi connectivity index (χ2n) is 5.83. The van der Waals surface area contributed by atoms with E-state index in [1.807, 2.05) is 0 Å². The van der Waals surface area contributed by atoms with Crippen molar-refractivity contribution in [3.05, 3.63) is 70.7 Å². The molecule has 0 saturated carbocycles. The summed E-state index contributed by atoms with van der Waals surface area (Å²) in [6, 6.07) is 6.42. The van der Waals surface area contributed by atoms with Gasteiger partial charge in [-0.25, -0.2) is 26.7 Å². The van der Waals surface area contributed by atoms with Gasteiger partial charge in [-0.2, -0.15) is 0 Å². The van der Waals surface area contributed by atoms with Crippen molar-refractivity contribution in [2.45, 2.75) is 10.6 Å². The van der Waals surface area contributed by atoms with Gasteiger partial charge in [0.1, 0.15) is 0 Å². The van der Waals surface area contributed by atoms with E-state index in [9.17, 15) is 26.7 Å². The first-order valence-corrected chi connectivity index (χ1v) is 8.86. The van der Waals surface area contributed by atoms with Crippen molar-refractivity contribution in [1.29, 1.82) is 0 Å². The highest BCUT2D eigenvalue weighted by Gasteiger charge is 2.26. The van der Waals surface area contributed by atoms with E-state index in [2.05, 4.69) is 0 Å². The van der Waals surface area contributed by atoms with Crippen molar-refractivity contribution in [3.63, 3.8) is 0 Å². The maximum atomic E-state index is 13.9. The van der Waals surface area contributed by atoms with Crippen molar-refractivity contribution >= 4 is 23.3 Å². The second kappa shape index (κ2) is 9.09. The number of thioether (sulfide) groups is 1. The first-order chi connectivity index (χ1) is 13.2. The van der Waals surface area contributed by atoms with E-state index >= 15 is 0 Å². The van der Waals surface area contributed by atoms with E-state index in [1.165, 1.54) is 13.3 Å². The Morgan fingerprint density at radius 2 is 1.54 bits per heavy atom. The summed E-state index contributed by atoms with van der Waals surface area (Å²) in [5.74, 6) is -11.1. The Kier molecular flexibility index (Phi) is 7.06. The highest BCUT2D eigenvalue weighted by atomic mass is 32.2. The molecule has 0 aromatic heterocycles. The summed E-state index contributed by atoms with van der Waals surface area (Å²) in [5.41, 5.74) is -0.364. The highest BCUT2D eigenvalue weighted by Crippen LogP contribution is 2.34. The van der Waals surface area contributed by atoms with Crippen molar-refractivity contribution in [1.82, 2.24) is 4.90 Å². The lowest BCUT2D eigenvalue weighted by Gasteiger charge is -2.14. The number of benzene rings is 2. The Balaban J connectivity index is 2.44. The van der Waals surface area contributed by atoms with Gasteiger partial charge < -0.3 is 9.64 Å². The van der Waals surface area contributed by atoms with E-state index in [-0.39, 0.29) is 5.57 Å². The number of halogens is 5. The molecule has 0 aliphatic rings. The number of carbonyl (C=O) groups is 1. The molecule has 0 fully saturated rings. The number of methoxy groups -OCH3 is 1. The van der Waals surface area contributed by atoms with Gasteiger partial charge in [0.05, 0.1) is 12.7 Å². The van der Waals surface area contributed by atoms with Crippen molar-refractivity contribution in [2.75, 3.05) is 21.2 Å². The van der Waals surface area contributed by atoms with Gasteiger partial charge in [-0.3, -0.25) is 0 Å². The van der Waals surface area contributed by atoms with Gasteiger partial charge in [-0.05, 0) is 6.07 Å². The fourth-order valence-corrected chi connectivity index (χ4v) is 3.40. The molecule has 150 valence electrons. The Morgan fingerprint density at radius 3 is 2.07 bits per heavy atom. The molecule has 3 nitrogen and oxygen atoms in total. The van der Waals surface area contributed by atoms with Crippen LogP contribution in [0.15, 0.2) is 35.4 Å². The van der Waals surface area contributed by atoms with Gasteiger partial charge in [-0.1, -0.05) is 18.2 Å². The van der Waals surface area contributed by atoms with Gasteiger partial charge in [0, 0.05) is 42.1 Å². The summed E-state index contributed by atoms with van der Waals surface area (Å²) in [5, 5.41) is 0. The quantitative estimate of drug-likeness (QED) is 0.169. The average Bonchev–Trinajstić information content (AvgIpc) is 2.68. The largest absolute Gasteiger partial charge is 0.465 e. The van der Waals surface area contributed by atoms with Crippen molar-refractivity contribution < 1.29 is 31.5 Å². The molecule has 0 spiro atoms. The summed E-state index contributed by atoms with van der Waals surface area (Å²) < 4.78 is 72.5. The van der Waals surface area contributed by atoms with E-state index in [4.69, 9.17) is 4.74 Å². The SMILES string of the molecule is COC(=O)/C(=C/N(C)C)c1ccccc1SCc1c(F)c(F)c(F)c(F)c1F. The van der Waals surface area contributed by atoms with Crippen LogP contribution in [0.5, 0.6) is 0 Å². The molecule has 2 aromatic rings. The van der Waals surface area contributed by atoms with Gasteiger partial charge in [-0.15, -0.1) is 11.8 Å². The van der Waals surface area contributed by atoms with E-state index in [0.29, 0.717) is 10.5 Å². The predicted molar refractivity (Wildman–Crippen MR) is 95.9 cm³/mol. The van der Waals surface area contributed by atoms with E-state index in [0.717, 1.165) is 11.8 Å². The lowest BCUT2D eigenvalue weighted by Crippen LogP contribution is -2.11. The number of carbonyl (C=O) groups excluding carboxylic acids is 1. The van der Waals surface area contributed by atoms with Crippen LogP contribution in [0, 0.1) is 29.1 Å². The van der Waals surface area contributed by atoms with Crippen LogP contribution in [0.2, 0.25) is 0 Å². The van der Waals surface area contributed by atoms with Crippen LogP contribution >= 0.6 is 11.8 Å². The average molecular weight is 417 g/mol. The van der Waals surface area contributed by atoms with Crippen LogP contribution in [-0.2, 0) is 15.3 Å². The summed E-state index contributed by atoms with van der Waals surface area (Å²) in [6.07, 6.45) is 1.50. The van der Waals surface area contributed by atoms with Gasteiger partial charge in [0.15, 0.2) is 23.3 Å². The lowest BCUT2D eigenvalue weighted by atomic mass is 10.1. The minimum atomic E-state index is -2.20. The molecule has 0 amide bonds. The predicted octanol–water partition coefficient (Wildman–Crippen LogP) is 4.75. The third kappa shape index (κ3) is 4.46. The molecule has 2 aromatic carbocycles. The zero-order valence-electron chi connectivity index (χ0n) is 15.2. The normalized spacial score (nSPS) is 11.5.